The van der Waals surface area contributed by atoms with Crippen molar-refractivity contribution in [2.75, 3.05) is 5.73 Å². The Morgan fingerprint density at radius 1 is 1.09 bits per heavy atom. The fourth-order valence-electron chi connectivity index (χ4n) is 1.79. The molecule has 0 aromatic carbocycles. The Morgan fingerprint density at radius 3 is 2.04 bits per heavy atom. The molecule has 0 spiro atoms. The van der Waals surface area contributed by atoms with Gasteiger partial charge < -0.3 is 5.73 Å². The minimum atomic E-state index is -6.20. The summed E-state index contributed by atoms with van der Waals surface area (Å²) < 4.78 is 90.1. The summed E-state index contributed by atoms with van der Waals surface area (Å²) in [4.78, 5) is 2.92. The molecule has 0 fully saturated rings. The maximum Gasteiger partial charge on any atom is 0.437 e. The zero-order chi connectivity index (χ0) is 18.1. The van der Waals surface area contributed by atoms with Gasteiger partial charge in [0.2, 0.25) is 0 Å². The fraction of sp³-hybridized carbons (Fsp3) is 0.500. The van der Waals surface area contributed by atoms with Crippen LogP contribution in [0.25, 0.3) is 0 Å². The Kier molecular flexibility index (Phi) is 5.33. The predicted molar refractivity (Wildman–Crippen MR) is 71.2 cm³/mol. The average molecular weight is 344 g/mol. The molecule has 0 saturated heterocycles. The summed E-state index contributed by atoms with van der Waals surface area (Å²) >= 11 is 0. The number of anilines is 1. The minimum absolute atomic E-state index is 0.0364. The van der Waals surface area contributed by atoms with Gasteiger partial charge in [-0.05, 0) is 24.0 Å². The highest BCUT2D eigenvalue weighted by Gasteiger charge is 2.74. The number of allylic oxidation sites excluding steroid dienone is 2. The molecule has 0 bridgehead atoms. The zero-order valence-electron chi connectivity index (χ0n) is 12.3. The highest BCUT2D eigenvalue weighted by atomic mass is 19.4. The SMILES string of the molecule is CC(C)C=CCc1cc(C(F)(C(F)(F)F)C(F)(F)F)ncc1N. The molecule has 1 rings (SSSR count). The molecule has 1 aromatic rings. The first-order valence-electron chi connectivity index (χ1n) is 6.54. The predicted octanol–water partition coefficient (Wildman–Crippen LogP) is 4.71. The van der Waals surface area contributed by atoms with Gasteiger partial charge in [0, 0.05) is 0 Å². The van der Waals surface area contributed by atoms with Crippen molar-refractivity contribution in [2.45, 2.75) is 38.3 Å². The Balaban J connectivity index is 3.36. The van der Waals surface area contributed by atoms with Gasteiger partial charge >= 0.3 is 18.0 Å². The lowest BCUT2D eigenvalue weighted by Crippen LogP contribution is -2.51. The molecule has 2 nitrogen and oxygen atoms in total. The van der Waals surface area contributed by atoms with E-state index in [-0.39, 0.29) is 23.6 Å². The summed E-state index contributed by atoms with van der Waals surface area (Å²) in [6.45, 7) is 3.66. The monoisotopic (exact) mass is 344 g/mol. The number of nitrogens with two attached hydrogens (primary N) is 1. The van der Waals surface area contributed by atoms with E-state index < -0.39 is 23.7 Å². The average Bonchev–Trinajstić information content (AvgIpc) is 2.37. The number of hydrogen-bond donors (Lipinski definition) is 1. The van der Waals surface area contributed by atoms with Crippen LogP contribution in [-0.4, -0.2) is 17.3 Å². The van der Waals surface area contributed by atoms with Crippen LogP contribution < -0.4 is 5.73 Å². The van der Waals surface area contributed by atoms with E-state index in [9.17, 15) is 30.7 Å². The van der Waals surface area contributed by atoms with E-state index in [2.05, 4.69) is 4.98 Å². The zero-order valence-corrected chi connectivity index (χ0v) is 12.3. The number of halogens is 7. The van der Waals surface area contributed by atoms with Crippen LogP contribution in [0.2, 0.25) is 0 Å². The largest absolute Gasteiger partial charge is 0.437 e. The Bertz CT molecular complexity index is 559. The van der Waals surface area contributed by atoms with E-state index in [4.69, 9.17) is 5.73 Å². The Morgan fingerprint density at radius 2 is 1.61 bits per heavy atom. The van der Waals surface area contributed by atoms with Crippen LogP contribution in [0.15, 0.2) is 24.4 Å². The lowest BCUT2D eigenvalue weighted by molar-refractivity contribution is -0.350. The smallest absolute Gasteiger partial charge is 0.397 e. The number of alkyl halides is 7. The minimum Gasteiger partial charge on any atom is -0.397 e. The van der Waals surface area contributed by atoms with Crippen LogP contribution in [0.5, 0.6) is 0 Å². The van der Waals surface area contributed by atoms with Gasteiger partial charge in [0.15, 0.2) is 0 Å². The van der Waals surface area contributed by atoms with Gasteiger partial charge in [-0.3, -0.25) is 4.98 Å². The first-order chi connectivity index (χ1) is 10.3. The van der Waals surface area contributed by atoms with E-state index in [1.807, 2.05) is 13.8 Å². The van der Waals surface area contributed by atoms with Crippen LogP contribution in [-0.2, 0) is 12.1 Å². The second-order valence-electron chi connectivity index (χ2n) is 5.30. The summed E-state index contributed by atoms with van der Waals surface area (Å²) in [5, 5.41) is 0. The summed E-state index contributed by atoms with van der Waals surface area (Å²) in [7, 11) is 0. The van der Waals surface area contributed by atoms with Crippen molar-refractivity contribution < 1.29 is 30.7 Å². The van der Waals surface area contributed by atoms with E-state index in [0.29, 0.717) is 12.3 Å². The molecule has 0 aliphatic carbocycles. The first kappa shape index (κ1) is 19.2. The van der Waals surface area contributed by atoms with Crippen LogP contribution in [0.4, 0.5) is 36.4 Å². The van der Waals surface area contributed by atoms with Crippen LogP contribution in [0.3, 0.4) is 0 Å². The molecule has 0 saturated carbocycles. The van der Waals surface area contributed by atoms with Crippen LogP contribution >= 0.6 is 0 Å². The molecular weight excluding hydrogens is 329 g/mol. The second kappa shape index (κ2) is 6.37. The molecule has 0 unspecified atom stereocenters. The van der Waals surface area contributed by atoms with Gasteiger partial charge in [-0.15, -0.1) is 0 Å². The van der Waals surface area contributed by atoms with Crippen molar-refractivity contribution in [3.63, 3.8) is 0 Å². The summed E-state index contributed by atoms with van der Waals surface area (Å²) in [5.41, 5.74) is -2.03. The third kappa shape index (κ3) is 3.94. The van der Waals surface area contributed by atoms with Crippen LogP contribution in [0, 0.1) is 5.92 Å². The van der Waals surface area contributed by atoms with Gasteiger partial charge in [0.1, 0.15) is 0 Å². The maximum atomic E-state index is 13.9. The second-order valence-corrected chi connectivity index (χ2v) is 5.30. The molecule has 0 aliphatic heterocycles. The first-order valence-corrected chi connectivity index (χ1v) is 6.54. The van der Waals surface area contributed by atoms with Crippen LogP contribution in [0.1, 0.15) is 25.1 Å². The molecule has 9 heteroatoms. The Labute approximate surface area is 128 Å². The number of nitrogen functional groups attached to an aromatic ring is 1. The van der Waals surface area contributed by atoms with Gasteiger partial charge in [-0.2, -0.15) is 26.3 Å². The third-order valence-corrected chi connectivity index (χ3v) is 3.02. The van der Waals surface area contributed by atoms with Gasteiger partial charge in [-0.25, -0.2) is 4.39 Å². The normalized spacial score (nSPS) is 14.0. The molecule has 0 atom stereocenters. The number of rotatable bonds is 4. The molecule has 1 heterocycles. The standard InChI is InChI=1S/C14H15F7N2/c1-8(2)4-3-5-9-6-11(23-7-10(9)22)12(15,13(16,17)18)14(19,20)21/h3-4,6-8H,5,22H2,1-2H3. The summed E-state index contributed by atoms with van der Waals surface area (Å²) in [6, 6.07) is 0.404. The highest BCUT2D eigenvalue weighted by Crippen LogP contribution is 2.52. The molecule has 2 N–H and O–H groups in total. The molecule has 0 aliphatic rings. The van der Waals surface area contributed by atoms with Gasteiger partial charge in [0.05, 0.1) is 17.6 Å². The topological polar surface area (TPSA) is 38.9 Å². The summed E-state index contributed by atoms with van der Waals surface area (Å²) in [6.07, 6.45) is -8.61. The summed E-state index contributed by atoms with van der Waals surface area (Å²) in [5.74, 6) is 0.128. The molecular formula is C14H15F7N2. The van der Waals surface area contributed by atoms with E-state index in [1.54, 1.807) is 6.08 Å². The number of nitrogens with zero attached hydrogens (tertiary/aromatic N) is 1. The van der Waals surface area contributed by atoms with Gasteiger partial charge in [0.25, 0.3) is 0 Å². The molecule has 1 aromatic heterocycles. The molecule has 130 valence electrons. The Hall–Kier alpha value is -1.80. The lowest BCUT2D eigenvalue weighted by atomic mass is 9.97. The van der Waals surface area contributed by atoms with E-state index in [1.165, 1.54) is 6.08 Å². The van der Waals surface area contributed by atoms with Crippen molar-refractivity contribution >= 4 is 5.69 Å². The molecule has 23 heavy (non-hydrogen) atoms. The van der Waals surface area contributed by atoms with Crippen molar-refractivity contribution in [1.29, 1.82) is 0 Å². The highest BCUT2D eigenvalue weighted by molar-refractivity contribution is 5.47. The van der Waals surface area contributed by atoms with E-state index >= 15 is 0 Å². The molecule has 0 amide bonds. The van der Waals surface area contributed by atoms with Crippen molar-refractivity contribution in [3.05, 3.63) is 35.7 Å². The quantitative estimate of drug-likeness (QED) is 0.635. The van der Waals surface area contributed by atoms with E-state index in [0.717, 1.165) is 0 Å². The third-order valence-electron chi connectivity index (χ3n) is 3.02. The van der Waals surface area contributed by atoms with Gasteiger partial charge in [-0.1, -0.05) is 26.0 Å². The fourth-order valence-corrected chi connectivity index (χ4v) is 1.79. The maximum absolute atomic E-state index is 13.9. The number of hydrogen-bond acceptors (Lipinski definition) is 2. The van der Waals surface area contributed by atoms with Crippen molar-refractivity contribution in [2.24, 2.45) is 5.92 Å². The van der Waals surface area contributed by atoms with Crippen molar-refractivity contribution in [3.8, 4) is 0 Å². The lowest BCUT2D eigenvalue weighted by Gasteiger charge is -2.29. The molecule has 0 radical (unpaired) electrons. The number of aromatic nitrogens is 1. The number of pyridine rings is 1. The van der Waals surface area contributed by atoms with Crippen molar-refractivity contribution in [1.82, 2.24) is 4.98 Å².